The Labute approximate surface area is 176 Å². The number of carbonyl (C=O) groups is 1. The van der Waals surface area contributed by atoms with Crippen molar-refractivity contribution in [3.8, 4) is 0 Å². The van der Waals surface area contributed by atoms with Crippen LogP contribution in [0, 0.1) is 13.8 Å². The van der Waals surface area contributed by atoms with Gasteiger partial charge in [0.25, 0.3) is 0 Å². The molecular weight excluding hydrogens is 395 g/mol. The third-order valence-electron chi connectivity index (χ3n) is 5.33. The molecule has 1 aromatic heterocycles. The summed E-state index contributed by atoms with van der Waals surface area (Å²) < 4.78 is 0. The van der Waals surface area contributed by atoms with E-state index in [-0.39, 0.29) is 11.8 Å². The molecule has 1 fully saturated rings. The van der Waals surface area contributed by atoms with Gasteiger partial charge in [-0.25, -0.2) is 9.97 Å². The predicted octanol–water partition coefficient (Wildman–Crippen LogP) is 4.02. The molecule has 28 heavy (non-hydrogen) atoms. The zero-order valence-corrected chi connectivity index (χ0v) is 18.3. The van der Waals surface area contributed by atoms with Crippen molar-refractivity contribution in [2.24, 2.45) is 0 Å². The molecule has 0 saturated carbocycles. The average molecular weight is 421 g/mol. The first kappa shape index (κ1) is 21.0. The summed E-state index contributed by atoms with van der Waals surface area (Å²) in [5.41, 5.74) is 3.77. The van der Waals surface area contributed by atoms with Gasteiger partial charge in [-0.3, -0.25) is 9.69 Å². The van der Waals surface area contributed by atoms with Gasteiger partial charge in [0.2, 0.25) is 5.91 Å². The van der Waals surface area contributed by atoms with Crippen molar-refractivity contribution in [1.82, 2.24) is 19.8 Å². The number of aromatic nitrogens is 2. The minimum Gasteiger partial charge on any atom is -0.349 e. The molecule has 3 rings (SSSR count). The van der Waals surface area contributed by atoms with Crippen LogP contribution in [0.25, 0.3) is 0 Å². The minimum atomic E-state index is 0.0630. The fraction of sp³-hybridized carbons (Fsp3) is 0.476. The fourth-order valence-corrected chi connectivity index (χ4v) is 3.99. The standard InChI is InChI=1S/C21H26Cl2N4O/c1-13-17(10-19(28)26(3)4)14(2)25-21(24-13)16-8-9-27(12-16)11-15-6-5-7-18(22)20(15)23/h5-7,16H,8-12H2,1-4H3. The van der Waals surface area contributed by atoms with Gasteiger partial charge in [0, 0.05) is 50.1 Å². The van der Waals surface area contributed by atoms with Crippen LogP contribution in [0.4, 0.5) is 0 Å². The molecule has 1 aliphatic heterocycles. The molecule has 1 amide bonds. The molecular formula is C21H26Cl2N4O. The summed E-state index contributed by atoms with van der Waals surface area (Å²) in [6, 6.07) is 5.76. The summed E-state index contributed by atoms with van der Waals surface area (Å²) in [7, 11) is 3.53. The van der Waals surface area contributed by atoms with Crippen molar-refractivity contribution < 1.29 is 4.79 Å². The van der Waals surface area contributed by atoms with E-state index in [9.17, 15) is 4.79 Å². The third-order valence-corrected chi connectivity index (χ3v) is 6.19. The molecule has 2 aromatic rings. The van der Waals surface area contributed by atoms with Crippen LogP contribution in [0.3, 0.4) is 0 Å². The van der Waals surface area contributed by atoms with E-state index < -0.39 is 0 Å². The molecule has 0 N–H and O–H groups in total. The van der Waals surface area contributed by atoms with Gasteiger partial charge < -0.3 is 4.90 Å². The Morgan fingerprint density at radius 2 is 1.89 bits per heavy atom. The van der Waals surface area contributed by atoms with Crippen molar-refractivity contribution in [1.29, 1.82) is 0 Å². The summed E-state index contributed by atoms with van der Waals surface area (Å²) in [6.45, 7) is 6.56. The Morgan fingerprint density at radius 3 is 2.54 bits per heavy atom. The smallest absolute Gasteiger partial charge is 0.226 e. The van der Waals surface area contributed by atoms with E-state index in [0.29, 0.717) is 16.5 Å². The van der Waals surface area contributed by atoms with Gasteiger partial charge in [-0.15, -0.1) is 0 Å². The molecule has 1 aromatic carbocycles. The molecule has 0 spiro atoms. The molecule has 1 unspecified atom stereocenters. The Morgan fingerprint density at radius 1 is 1.21 bits per heavy atom. The van der Waals surface area contributed by atoms with Crippen LogP contribution in [0.2, 0.25) is 10.0 Å². The first-order chi connectivity index (χ1) is 13.3. The number of halogens is 2. The van der Waals surface area contributed by atoms with Gasteiger partial charge in [-0.2, -0.15) is 0 Å². The van der Waals surface area contributed by atoms with E-state index in [1.807, 2.05) is 32.0 Å². The molecule has 5 nitrogen and oxygen atoms in total. The first-order valence-corrected chi connectivity index (χ1v) is 10.2. The zero-order valence-electron chi connectivity index (χ0n) is 16.8. The highest BCUT2D eigenvalue weighted by molar-refractivity contribution is 6.42. The van der Waals surface area contributed by atoms with Crippen molar-refractivity contribution >= 4 is 29.1 Å². The van der Waals surface area contributed by atoms with Crippen molar-refractivity contribution in [2.75, 3.05) is 27.2 Å². The number of aryl methyl sites for hydroxylation is 2. The number of nitrogens with zero attached hydrogens (tertiary/aromatic N) is 4. The maximum absolute atomic E-state index is 12.1. The Kier molecular flexibility index (Phi) is 6.58. The van der Waals surface area contributed by atoms with Gasteiger partial charge in [-0.05, 0) is 38.4 Å². The van der Waals surface area contributed by atoms with E-state index in [1.54, 1.807) is 19.0 Å². The van der Waals surface area contributed by atoms with E-state index in [4.69, 9.17) is 33.2 Å². The second-order valence-electron chi connectivity index (χ2n) is 7.63. The number of likely N-dealkylation sites (N-methyl/N-ethyl adjacent to an activating group) is 1. The lowest BCUT2D eigenvalue weighted by Crippen LogP contribution is -2.25. The second-order valence-corrected chi connectivity index (χ2v) is 8.41. The Balaban J connectivity index is 1.71. The van der Waals surface area contributed by atoms with E-state index in [0.717, 1.165) is 54.4 Å². The number of rotatable bonds is 5. The monoisotopic (exact) mass is 420 g/mol. The van der Waals surface area contributed by atoms with E-state index >= 15 is 0 Å². The predicted molar refractivity (Wildman–Crippen MR) is 113 cm³/mol. The van der Waals surface area contributed by atoms with Crippen molar-refractivity contribution in [2.45, 2.75) is 39.2 Å². The number of hydrogen-bond acceptors (Lipinski definition) is 4. The largest absolute Gasteiger partial charge is 0.349 e. The maximum atomic E-state index is 12.1. The van der Waals surface area contributed by atoms with E-state index in [1.165, 1.54) is 0 Å². The minimum absolute atomic E-state index is 0.0630. The summed E-state index contributed by atoms with van der Waals surface area (Å²) in [6.07, 6.45) is 1.35. The third kappa shape index (κ3) is 4.65. The number of amides is 1. The molecule has 0 aliphatic carbocycles. The first-order valence-electron chi connectivity index (χ1n) is 9.45. The summed E-state index contributed by atoms with van der Waals surface area (Å²) in [4.78, 5) is 25.5. The van der Waals surface area contributed by atoms with Crippen molar-refractivity contribution in [3.05, 3.63) is 56.6 Å². The van der Waals surface area contributed by atoms with Gasteiger partial charge >= 0.3 is 0 Å². The fourth-order valence-electron chi connectivity index (χ4n) is 3.61. The molecule has 150 valence electrons. The van der Waals surface area contributed by atoms with Crippen LogP contribution in [0.15, 0.2) is 18.2 Å². The number of carbonyl (C=O) groups excluding carboxylic acids is 1. The average Bonchev–Trinajstić information content (AvgIpc) is 3.10. The summed E-state index contributed by atoms with van der Waals surface area (Å²) >= 11 is 12.5. The number of hydrogen-bond donors (Lipinski definition) is 0. The Hall–Kier alpha value is -1.69. The normalized spacial score (nSPS) is 17.1. The van der Waals surface area contributed by atoms with Crippen molar-refractivity contribution in [3.63, 3.8) is 0 Å². The van der Waals surface area contributed by atoms with E-state index in [2.05, 4.69) is 4.90 Å². The number of likely N-dealkylation sites (tertiary alicyclic amines) is 1. The Bertz CT molecular complexity index is 862. The summed E-state index contributed by atoms with van der Waals surface area (Å²) in [5, 5.41) is 1.22. The van der Waals surface area contributed by atoms with Crippen LogP contribution < -0.4 is 0 Å². The summed E-state index contributed by atoms with van der Waals surface area (Å²) in [5.74, 6) is 1.22. The molecule has 1 saturated heterocycles. The highest BCUT2D eigenvalue weighted by Crippen LogP contribution is 2.31. The van der Waals surface area contributed by atoms with Gasteiger partial charge in [0.15, 0.2) is 0 Å². The van der Waals surface area contributed by atoms with Gasteiger partial charge in [0.1, 0.15) is 5.82 Å². The lowest BCUT2D eigenvalue weighted by molar-refractivity contribution is -0.128. The molecule has 0 radical (unpaired) electrons. The van der Waals surface area contributed by atoms with Crippen LogP contribution in [0.1, 0.15) is 40.7 Å². The lowest BCUT2D eigenvalue weighted by Gasteiger charge is -2.18. The molecule has 2 heterocycles. The maximum Gasteiger partial charge on any atom is 0.226 e. The highest BCUT2D eigenvalue weighted by Gasteiger charge is 2.27. The second kappa shape index (κ2) is 8.76. The van der Waals surface area contributed by atoms with Crippen LogP contribution in [-0.4, -0.2) is 52.9 Å². The van der Waals surface area contributed by atoms with Crippen LogP contribution >= 0.6 is 23.2 Å². The zero-order chi connectivity index (χ0) is 20.4. The van der Waals surface area contributed by atoms with Crippen LogP contribution in [-0.2, 0) is 17.8 Å². The number of benzene rings is 1. The van der Waals surface area contributed by atoms with Gasteiger partial charge in [-0.1, -0.05) is 35.3 Å². The SMILES string of the molecule is Cc1nc(C2CCN(Cc3cccc(Cl)c3Cl)C2)nc(C)c1CC(=O)N(C)C. The topological polar surface area (TPSA) is 49.3 Å². The highest BCUT2D eigenvalue weighted by atomic mass is 35.5. The van der Waals surface area contributed by atoms with Crippen LogP contribution in [0.5, 0.6) is 0 Å². The molecule has 1 aliphatic rings. The molecule has 7 heteroatoms. The lowest BCUT2D eigenvalue weighted by atomic mass is 10.0. The quantitative estimate of drug-likeness (QED) is 0.732. The molecule has 0 bridgehead atoms. The molecule has 1 atom stereocenters. The van der Waals surface area contributed by atoms with Gasteiger partial charge in [0.05, 0.1) is 16.5 Å².